The predicted octanol–water partition coefficient (Wildman–Crippen LogP) is -2.42. The van der Waals surface area contributed by atoms with Gasteiger partial charge >= 0.3 is 53.6 Å². The standard InChI is InChI=1S/2Cr.2Cs.2H2O.5O/h;;;;2*1H2;;;;;/q2*+1;;;;;;;;;/p-2. The minimum absolute atomic E-state index is 0. The fraction of sp³-hybridized carbons (Fsp3) is 0. The molecule has 0 spiro atoms. The average molecular weight is 484 g/mol. The van der Waals surface area contributed by atoms with E-state index in [9.17, 15) is 15.2 Å². The molecule has 0 aromatic carbocycles. The Hall–Kier alpha value is 4.25. The van der Waals surface area contributed by atoms with Gasteiger partial charge in [0.25, 0.3) is 0 Å². The van der Waals surface area contributed by atoms with E-state index in [1.807, 2.05) is 0 Å². The van der Waals surface area contributed by atoms with Crippen molar-refractivity contribution < 1.29 is 53.6 Å². The molecule has 0 unspecified atom stereocenters. The van der Waals surface area contributed by atoms with Crippen molar-refractivity contribution in [3.8, 4) is 0 Å². The van der Waals surface area contributed by atoms with Crippen LogP contribution in [0.2, 0.25) is 0 Å². The maximum atomic E-state index is 9.53. The van der Waals surface area contributed by atoms with Gasteiger partial charge in [0.1, 0.15) is 0 Å². The Bertz CT molecular complexity index is 240. The van der Waals surface area contributed by atoms with Crippen LogP contribution in [0.3, 0.4) is 0 Å². The Kier molecular flexibility index (Phi) is 15.8. The predicted molar refractivity (Wildman–Crippen MR) is 19.8 cm³/mol. The van der Waals surface area contributed by atoms with Crippen molar-refractivity contribution in [2.75, 3.05) is 0 Å². The zero-order valence-electron chi connectivity index (χ0n) is 5.75. The zero-order chi connectivity index (χ0) is 7.71. The summed E-state index contributed by atoms with van der Waals surface area (Å²) < 4.78 is 56.3. The second-order valence-corrected chi connectivity index (χ2v) is 4.68. The topological polar surface area (TPSA) is 118 Å². The SMILES string of the molecule is [Cs].[Cs].[O]=[Cr](=[O])([OH])[O][Cr](=[O])(=[O])[OH]. The zero-order valence-corrected chi connectivity index (χ0v) is 20.9. The molecular formula is H2Cr2Cs2O7. The van der Waals surface area contributed by atoms with E-state index < -0.39 is 27.2 Å². The number of hydrogen-bond acceptors (Lipinski definition) is 5. The van der Waals surface area contributed by atoms with Gasteiger partial charge in [0.15, 0.2) is 0 Å². The van der Waals surface area contributed by atoms with Gasteiger partial charge in [0, 0.05) is 138 Å². The van der Waals surface area contributed by atoms with Crippen LogP contribution in [-0.2, 0) is 45.3 Å². The molecule has 0 aliphatic rings. The van der Waals surface area contributed by atoms with Crippen LogP contribution in [0.5, 0.6) is 0 Å². The van der Waals surface area contributed by atoms with Gasteiger partial charge in [-0.15, -0.1) is 0 Å². The molecule has 0 atom stereocenters. The van der Waals surface area contributed by atoms with E-state index >= 15 is 0 Å². The number of rotatable bonds is 2. The molecule has 58 valence electrons. The van der Waals surface area contributed by atoms with Gasteiger partial charge in [-0.3, -0.25) is 0 Å². The van der Waals surface area contributed by atoms with Crippen molar-refractivity contribution in [2.45, 2.75) is 0 Å². The molecule has 0 heterocycles. The van der Waals surface area contributed by atoms with Crippen LogP contribution < -0.4 is 0 Å². The summed E-state index contributed by atoms with van der Waals surface area (Å²) in [5.41, 5.74) is 0. The van der Waals surface area contributed by atoms with Crippen LogP contribution >= 0.6 is 0 Å². The molecule has 0 saturated carbocycles. The molecular weight excluding hydrogens is 482 g/mol. The molecule has 0 rings (SSSR count). The molecule has 0 amide bonds. The van der Waals surface area contributed by atoms with Crippen LogP contribution in [0.15, 0.2) is 0 Å². The third-order valence-corrected chi connectivity index (χ3v) is 2.92. The van der Waals surface area contributed by atoms with Gasteiger partial charge in [0.2, 0.25) is 0 Å². The maximum absolute atomic E-state index is 9.53. The molecule has 0 aliphatic carbocycles. The molecule has 0 fully saturated rings. The van der Waals surface area contributed by atoms with Crippen molar-refractivity contribution in [3.05, 3.63) is 0 Å². The molecule has 0 aliphatic heterocycles. The summed E-state index contributed by atoms with van der Waals surface area (Å²) >= 11 is -11.5. The van der Waals surface area contributed by atoms with E-state index in [2.05, 4.69) is 2.84 Å². The second kappa shape index (κ2) is 8.41. The quantitative estimate of drug-likeness (QED) is 0.449. The Morgan fingerprint density at radius 3 is 1.00 bits per heavy atom. The van der Waals surface area contributed by atoms with Gasteiger partial charge in [-0.2, -0.15) is 0 Å². The Balaban J connectivity index is -0.000000320. The minimum atomic E-state index is -5.76. The van der Waals surface area contributed by atoms with Crippen molar-refractivity contribution in [1.82, 2.24) is 0 Å². The summed E-state index contributed by atoms with van der Waals surface area (Å²) in [6.07, 6.45) is 0. The van der Waals surface area contributed by atoms with Crippen molar-refractivity contribution in [2.24, 2.45) is 0 Å². The van der Waals surface area contributed by atoms with Crippen molar-refractivity contribution in [1.29, 1.82) is 0 Å². The van der Waals surface area contributed by atoms with E-state index in [1.54, 1.807) is 0 Å². The first-order chi connectivity index (χ1) is 3.71. The molecule has 0 aromatic rings. The summed E-state index contributed by atoms with van der Waals surface area (Å²) in [5, 5.41) is 0. The van der Waals surface area contributed by atoms with Crippen LogP contribution in [-0.4, -0.2) is 146 Å². The van der Waals surface area contributed by atoms with E-state index in [0.29, 0.717) is 0 Å². The average Bonchev–Trinajstić information content (AvgIpc) is 1.14. The summed E-state index contributed by atoms with van der Waals surface area (Å²) in [6.45, 7) is 0. The third kappa shape index (κ3) is 20.4. The summed E-state index contributed by atoms with van der Waals surface area (Å²) in [4.78, 5) is 0. The molecule has 0 saturated heterocycles. The fourth-order valence-corrected chi connectivity index (χ4v) is 1.85. The van der Waals surface area contributed by atoms with Crippen LogP contribution in [0.4, 0.5) is 0 Å². The summed E-state index contributed by atoms with van der Waals surface area (Å²) in [7, 11) is 0. The van der Waals surface area contributed by atoms with E-state index in [4.69, 9.17) is 8.32 Å². The van der Waals surface area contributed by atoms with Crippen molar-refractivity contribution in [3.63, 3.8) is 0 Å². The van der Waals surface area contributed by atoms with Gasteiger partial charge in [-0.05, 0) is 0 Å². The molecule has 0 bridgehead atoms. The molecule has 2 N–H and O–H groups in total. The first kappa shape index (κ1) is 20.6. The van der Waals surface area contributed by atoms with Crippen LogP contribution in [0.25, 0.3) is 0 Å². The second-order valence-electron chi connectivity index (χ2n) is 0.924. The molecule has 11 heteroatoms. The third-order valence-electron chi connectivity index (χ3n) is 0.172. The summed E-state index contributed by atoms with van der Waals surface area (Å²) in [6, 6.07) is 0. The molecule has 7 nitrogen and oxygen atoms in total. The Labute approximate surface area is 185 Å². The monoisotopic (exact) mass is 484 g/mol. The first-order valence-corrected chi connectivity index (χ1v) is 5.63. The summed E-state index contributed by atoms with van der Waals surface area (Å²) in [5.74, 6) is 0. The van der Waals surface area contributed by atoms with Gasteiger partial charge in [-0.25, -0.2) is 0 Å². The Morgan fingerprint density at radius 1 is 0.818 bits per heavy atom. The normalized spacial score (nSPS) is 11.1. The van der Waals surface area contributed by atoms with Gasteiger partial charge < -0.3 is 0 Å². The van der Waals surface area contributed by atoms with Crippen LogP contribution in [0.1, 0.15) is 0 Å². The molecule has 2 radical (unpaired) electrons. The van der Waals surface area contributed by atoms with Gasteiger partial charge in [0.05, 0.1) is 0 Å². The van der Waals surface area contributed by atoms with E-state index in [-0.39, 0.29) is 138 Å². The Morgan fingerprint density at radius 2 is 1.00 bits per heavy atom. The van der Waals surface area contributed by atoms with E-state index in [0.717, 1.165) is 0 Å². The first-order valence-electron chi connectivity index (χ1n) is 1.37. The van der Waals surface area contributed by atoms with Crippen molar-refractivity contribution >= 4 is 138 Å². The molecule has 0 aromatic heterocycles. The molecule has 11 heavy (non-hydrogen) atoms. The van der Waals surface area contributed by atoms with Gasteiger partial charge in [-0.1, -0.05) is 0 Å². The fourth-order valence-electron chi connectivity index (χ4n) is 0.109. The van der Waals surface area contributed by atoms with Crippen LogP contribution in [0, 0.1) is 0 Å². The number of hydrogen-bond donors (Lipinski definition) is 2. The van der Waals surface area contributed by atoms with E-state index in [1.165, 1.54) is 0 Å².